The van der Waals surface area contributed by atoms with E-state index in [1.165, 1.54) is 19.2 Å². The lowest BCUT2D eigenvalue weighted by Gasteiger charge is -2.27. The molecule has 0 amide bonds. The standard InChI is InChI=1S/C20H16N2O4/c1-3-8-25-16-7-4-12(9-18(16)24-2)19-14-6-5-13(23)10-17(14)26-20(22)15(19)11-21/h1,4-7,9-10,19,23H,8,22H2,2H3/t19-/m0/s1. The molecule has 3 N–H and O–H groups in total. The summed E-state index contributed by atoms with van der Waals surface area (Å²) in [5.74, 6) is 3.38. The van der Waals surface area contributed by atoms with Crippen molar-refractivity contribution in [3.8, 4) is 41.4 Å². The fourth-order valence-electron chi connectivity index (χ4n) is 2.89. The van der Waals surface area contributed by atoms with E-state index in [-0.39, 0.29) is 23.8 Å². The van der Waals surface area contributed by atoms with Gasteiger partial charge in [-0.05, 0) is 23.8 Å². The van der Waals surface area contributed by atoms with Crippen molar-refractivity contribution in [3.05, 3.63) is 59.0 Å². The summed E-state index contributed by atoms with van der Waals surface area (Å²) in [6.07, 6.45) is 5.23. The second kappa shape index (κ2) is 7.00. The quantitative estimate of drug-likeness (QED) is 0.824. The third-order valence-electron chi connectivity index (χ3n) is 4.03. The van der Waals surface area contributed by atoms with Gasteiger partial charge in [0.25, 0.3) is 0 Å². The Morgan fingerprint density at radius 3 is 2.77 bits per heavy atom. The van der Waals surface area contributed by atoms with Crippen LogP contribution in [0.4, 0.5) is 0 Å². The molecule has 0 aromatic heterocycles. The molecular formula is C20H16N2O4. The summed E-state index contributed by atoms with van der Waals surface area (Å²) in [6, 6.07) is 12.1. The van der Waals surface area contributed by atoms with Crippen LogP contribution in [0, 0.1) is 23.7 Å². The van der Waals surface area contributed by atoms with E-state index in [1.807, 2.05) is 6.07 Å². The van der Waals surface area contributed by atoms with Crippen molar-refractivity contribution >= 4 is 0 Å². The van der Waals surface area contributed by atoms with Crippen molar-refractivity contribution < 1.29 is 19.3 Å². The minimum absolute atomic E-state index is 0.00206. The van der Waals surface area contributed by atoms with Crippen LogP contribution in [-0.2, 0) is 0 Å². The van der Waals surface area contributed by atoms with Crippen LogP contribution < -0.4 is 19.9 Å². The lowest BCUT2D eigenvalue weighted by molar-refractivity contribution is 0.330. The first-order valence-electron chi connectivity index (χ1n) is 7.73. The van der Waals surface area contributed by atoms with Gasteiger partial charge in [0.1, 0.15) is 29.7 Å². The molecule has 2 aromatic rings. The van der Waals surface area contributed by atoms with E-state index in [9.17, 15) is 10.4 Å². The number of hydrogen-bond donors (Lipinski definition) is 2. The van der Waals surface area contributed by atoms with Crippen LogP contribution in [0.2, 0.25) is 0 Å². The largest absolute Gasteiger partial charge is 0.508 e. The Kier molecular flexibility index (Phi) is 4.59. The summed E-state index contributed by atoms with van der Waals surface area (Å²) in [6.45, 7) is 0.116. The lowest BCUT2D eigenvalue weighted by atomic mass is 9.83. The van der Waals surface area contributed by atoms with E-state index in [2.05, 4.69) is 12.0 Å². The fraction of sp³-hybridized carbons (Fsp3) is 0.150. The molecule has 1 heterocycles. The van der Waals surface area contributed by atoms with Gasteiger partial charge in [0.15, 0.2) is 11.5 Å². The molecule has 0 fully saturated rings. The zero-order chi connectivity index (χ0) is 18.7. The van der Waals surface area contributed by atoms with E-state index < -0.39 is 5.92 Å². The van der Waals surface area contributed by atoms with Crippen LogP contribution in [0.25, 0.3) is 0 Å². The Balaban J connectivity index is 2.13. The molecule has 2 aromatic carbocycles. The number of hydrogen-bond acceptors (Lipinski definition) is 6. The molecule has 6 nitrogen and oxygen atoms in total. The molecule has 0 bridgehead atoms. The van der Waals surface area contributed by atoms with Gasteiger partial charge in [-0.1, -0.05) is 18.1 Å². The van der Waals surface area contributed by atoms with Crippen molar-refractivity contribution in [1.82, 2.24) is 0 Å². The van der Waals surface area contributed by atoms with E-state index in [1.54, 1.807) is 18.2 Å². The summed E-state index contributed by atoms with van der Waals surface area (Å²) < 4.78 is 16.3. The maximum atomic E-state index is 9.70. The SMILES string of the molecule is C#CCOc1ccc([C@@H]2C(C#N)=C(N)Oc3cc(O)ccc32)cc1OC. The van der Waals surface area contributed by atoms with Crippen LogP contribution in [0.15, 0.2) is 47.9 Å². The Morgan fingerprint density at radius 1 is 1.27 bits per heavy atom. The number of phenolic OH excluding ortho intramolecular Hbond substituents is 1. The minimum atomic E-state index is -0.458. The van der Waals surface area contributed by atoms with Gasteiger partial charge in [-0.3, -0.25) is 0 Å². The van der Waals surface area contributed by atoms with Gasteiger partial charge in [0.05, 0.1) is 13.0 Å². The third-order valence-corrected chi connectivity index (χ3v) is 4.03. The van der Waals surface area contributed by atoms with Gasteiger partial charge in [-0.15, -0.1) is 6.42 Å². The number of nitrogens with two attached hydrogens (primary N) is 1. The zero-order valence-corrected chi connectivity index (χ0v) is 14.0. The number of fused-ring (bicyclic) bond motifs is 1. The number of ether oxygens (including phenoxy) is 3. The molecule has 0 saturated carbocycles. The highest BCUT2D eigenvalue weighted by atomic mass is 16.5. The van der Waals surface area contributed by atoms with Gasteiger partial charge in [-0.25, -0.2) is 0 Å². The lowest BCUT2D eigenvalue weighted by Crippen LogP contribution is -2.21. The number of phenols is 1. The molecule has 0 aliphatic carbocycles. The predicted octanol–water partition coefficient (Wildman–Crippen LogP) is 2.63. The molecule has 1 aliphatic rings. The molecule has 0 unspecified atom stereocenters. The number of rotatable bonds is 4. The van der Waals surface area contributed by atoms with Gasteiger partial charge >= 0.3 is 0 Å². The summed E-state index contributed by atoms with van der Waals surface area (Å²) >= 11 is 0. The molecule has 1 aliphatic heterocycles. The second-order valence-corrected chi connectivity index (χ2v) is 5.55. The highest BCUT2D eigenvalue weighted by Gasteiger charge is 2.31. The van der Waals surface area contributed by atoms with Crippen molar-refractivity contribution in [2.24, 2.45) is 5.73 Å². The van der Waals surface area contributed by atoms with E-state index in [4.69, 9.17) is 26.4 Å². The molecule has 26 heavy (non-hydrogen) atoms. The average Bonchev–Trinajstić information content (AvgIpc) is 2.65. The van der Waals surface area contributed by atoms with Crippen LogP contribution in [-0.4, -0.2) is 18.8 Å². The summed E-state index contributed by atoms with van der Waals surface area (Å²) in [5, 5.41) is 19.3. The number of benzene rings is 2. The van der Waals surface area contributed by atoms with Gasteiger partial charge in [0, 0.05) is 11.6 Å². The third kappa shape index (κ3) is 2.97. The first-order chi connectivity index (χ1) is 12.6. The van der Waals surface area contributed by atoms with Gasteiger partial charge < -0.3 is 25.1 Å². The first-order valence-corrected chi connectivity index (χ1v) is 7.73. The minimum Gasteiger partial charge on any atom is -0.508 e. The molecule has 130 valence electrons. The Morgan fingerprint density at radius 2 is 2.08 bits per heavy atom. The number of nitrogens with zero attached hydrogens (tertiary/aromatic N) is 1. The smallest absolute Gasteiger partial charge is 0.205 e. The van der Waals surface area contributed by atoms with E-state index >= 15 is 0 Å². The van der Waals surface area contributed by atoms with E-state index in [0.29, 0.717) is 22.8 Å². The Hall–Kier alpha value is -3.77. The average molecular weight is 348 g/mol. The number of allylic oxidation sites excluding steroid dienone is 1. The second-order valence-electron chi connectivity index (χ2n) is 5.55. The number of terminal acetylenes is 1. The van der Waals surface area contributed by atoms with Crippen molar-refractivity contribution in [2.75, 3.05) is 13.7 Å². The highest BCUT2D eigenvalue weighted by Crippen LogP contribution is 2.44. The van der Waals surface area contributed by atoms with E-state index in [0.717, 1.165) is 5.56 Å². The van der Waals surface area contributed by atoms with Crippen molar-refractivity contribution in [1.29, 1.82) is 5.26 Å². The normalized spacial score (nSPS) is 15.3. The van der Waals surface area contributed by atoms with Crippen molar-refractivity contribution in [2.45, 2.75) is 5.92 Å². The maximum Gasteiger partial charge on any atom is 0.205 e. The van der Waals surface area contributed by atoms with Gasteiger partial charge in [0.2, 0.25) is 5.88 Å². The monoisotopic (exact) mass is 348 g/mol. The molecule has 0 saturated heterocycles. The molecule has 3 rings (SSSR count). The summed E-state index contributed by atoms with van der Waals surface area (Å²) in [4.78, 5) is 0. The molecule has 0 radical (unpaired) electrons. The topological polar surface area (TPSA) is 97.7 Å². The number of nitriles is 1. The van der Waals surface area contributed by atoms with Gasteiger partial charge in [-0.2, -0.15) is 5.26 Å². The Labute approximate surface area is 151 Å². The predicted molar refractivity (Wildman–Crippen MR) is 94.7 cm³/mol. The number of aromatic hydroxyl groups is 1. The van der Waals surface area contributed by atoms with Crippen LogP contribution in [0.5, 0.6) is 23.0 Å². The summed E-state index contributed by atoms with van der Waals surface area (Å²) in [7, 11) is 1.52. The fourth-order valence-corrected chi connectivity index (χ4v) is 2.89. The molecular weight excluding hydrogens is 332 g/mol. The first kappa shape index (κ1) is 17.1. The van der Waals surface area contributed by atoms with Crippen LogP contribution in [0.3, 0.4) is 0 Å². The summed E-state index contributed by atoms with van der Waals surface area (Å²) in [5.41, 5.74) is 7.69. The van der Waals surface area contributed by atoms with Crippen LogP contribution in [0.1, 0.15) is 17.0 Å². The maximum absolute atomic E-state index is 9.70. The number of methoxy groups -OCH3 is 1. The molecule has 0 spiro atoms. The Bertz CT molecular complexity index is 967. The van der Waals surface area contributed by atoms with Crippen molar-refractivity contribution in [3.63, 3.8) is 0 Å². The van der Waals surface area contributed by atoms with Crippen LogP contribution >= 0.6 is 0 Å². The molecule has 6 heteroatoms. The highest BCUT2D eigenvalue weighted by molar-refractivity contribution is 5.58. The molecule has 1 atom stereocenters. The zero-order valence-electron chi connectivity index (χ0n) is 14.0.